The second-order valence-electron chi connectivity index (χ2n) is 8.73. The Balaban J connectivity index is 3.37. The summed E-state index contributed by atoms with van der Waals surface area (Å²) in [5, 5.41) is 10.9. The van der Waals surface area contributed by atoms with Gasteiger partial charge in [-0.25, -0.2) is 5.01 Å². The van der Waals surface area contributed by atoms with E-state index in [9.17, 15) is 4.79 Å². The Morgan fingerprint density at radius 2 is 1.00 bits per heavy atom. The van der Waals surface area contributed by atoms with E-state index in [0.717, 1.165) is 25.9 Å². The van der Waals surface area contributed by atoms with Crippen LogP contribution in [0.4, 0.5) is 0 Å². The first-order valence-electron chi connectivity index (χ1n) is 12.9. The summed E-state index contributed by atoms with van der Waals surface area (Å²) < 4.78 is 0. The molecule has 0 radical (unpaired) electrons. The Morgan fingerprint density at radius 3 is 1.41 bits per heavy atom. The van der Waals surface area contributed by atoms with E-state index in [2.05, 4.69) is 19.3 Å². The molecular formula is C25H52N2O2. The van der Waals surface area contributed by atoms with E-state index in [1.165, 1.54) is 109 Å². The van der Waals surface area contributed by atoms with Gasteiger partial charge in [-0.2, -0.15) is 0 Å². The van der Waals surface area contributed by atoms with Crippen LogP contribution in [0.2, 0.25) is 0 Å². The van der Waals surface area contributed by atoms with E-state index < -0.39 is 5.97 Å². The molecule has 0 saturated carbocycles. The zero-order valence-electron chi connectivity index (χ0n) is 19.9. The lowest BCUT2D eigenvalue weighted by Gasteiger charge is -2.21. The van der Waals surface area contributed by atoms with Gasteiger partial charge in [0.25, 0.3) is 0 Å². The van der Waals surface area contributed by atoms with Crippen LogP contribution in [0.5, 0.6) is 0 Å². The number of unbranched alkanes of at least 4 members (excludes halogenated alkanes) is 17. The molecule has 0 aliphatic carbocycles. The highest BCUT2D eigenvalue weighted by atomic mass is 16.4. The third-order valence-corrected chi connectivity index (χ3v) is 5.72. The maximum atomic E-state index is 11.0. The molecule has 0 aliphatic heterocycles. The van der Waals surface area contributed by atoms with Gasteiger partial charge >= 0.3 is 5.97 Å². The number of rotatable bonds is 24. The summed E-state index contributed by atoms with van der Waals surface area (Å²) in [6, 6.07) is 0. The van der Waals surface area contributed by atoms with E-state index in [4.69, 9.17) is 5.11 Å². The Kier molecular flexibility index (Phi) is 23.2. The molecule has 29 heavy (non-hydrogen) atoms. The van der Waals surface area contributed by atoms with Crippen molar-refractivity contribution in [2.75, 3.05) is 19.6 Å². The van der Waals surface area contributed by atoms with Crippen molar-refractivity contribution in [3.05, 3.63) is 0 Å². The monoisotopic (exact) mass is 412 g/mol. The Labute approximate surface area is 182 Å². The third kappa shape index (κ3) is 23.5. The first-order valence-corrected chi connectivity index (χ1v) is 12.9. The number of carboxylic acid groups (broad SMARTS) is 1. The molecule has 2 N–H and O–H groups in total. The fourth-order valence-electron chi connectivity index (χ4n) is 3.84. The molecule has 0 spiro atoms. The smallest absolute Gasteiger partial charge is 0.319 e. The number of nitrogens with one attached hydrogen (secondary N) is 1. The topological polar surface area (TPSA) is 52.6 Å². The minimum absolute atomic E-state index is 0.102. The summed E-state index contributed by atoms with van der Waals surface area (Å²) in [4.78, 5) is 11.0. The van der Waals surface area contributed by atoms with Gasteiger partial charge in [0.1, 0.15) is 6.54 Å². The third-order valence-electron chi connectivity index (χ3n) is 5.72. The summed E-state index contributed by atoms with van der Waals surface area (Å²) in [6.07, 6.45) is 25.4. The lowest BCUT2D eigenvalue weighted by atomic mass is 10.0. The molecule has 0 aromatic rings. The summed E-state index contributed by atoms with van der Waals surface area (Å²) in [7, 11) is 0. The van der Waals surface area contributed by atoms with Crippen LogP contribution in [0.15, 0.2) is 0 Å². The molecule has 0 bridgehead atoms. The normalized spacial score (nSPS) is 11.4. The minimum atomic E-state index is -0.746. The van der Waals surface area contributed by atoms with Gasteiger partial charge in [-0.3, -0.25) is 10.2 Å². The minimum Gasteiger partial charge on any atom is -0.480 e. The second kappa shape index (κ2) is 23.7. The molecule has 0 heterocycles. The van der Waals surface area contributed by atoms with E-state index in [1.807, 2.05) is 5.01 Å². The van der Waals surface area contributed by atoms with Gasteiger partial charge in [-0.1, -0.05) is 123 Å². The maximum Gasteiger partial charge on any atom is 0.319 e. The number of carbonyl (C=O) groups is 1. The fraction of sp³-hybridized carbons (Fsp3) is 0.960. The van der Waals surface area contributed by atoms with Crippen molar-refractivity contribution in [2.24, 2.45) is 0 Å². The first kappa shape index (κ1) is 28.4. The molecule has 4 heteroatoms. The molecule has 0 amide bonds. The van der Waals surface area contributed by atoms with Crippen LogP contribution in [0, 0.1) is 0 Å². The molecule has 0 fully saturated rings. The quantitative estimate of drug-likeness (QED) is 0.129. The van der Waals surface area contributed by atoms with Crippen LogP contribution >= 0.6 is 0 Å². The summed E-state index contributed by atoms with van der Waals surface area (Å²) in [5.74, 6) is -0.746. The average Bonchev–Trinajstić information content (AvgIpc) is 2.70. The van der Waals surface area contributed by atoms with E-state index >= 15 is 0 Å². The molecule has 0 unspecified atom stereocenters. The van der Waals surface area contributed by atoms with Gasteiger partial charge in [0.15, 0.2) is 0 Å². The molecule has 0 aromatic heterocycles. The van der Waals surface area contributed by atoms with E-state index in [1.54, 1.807) is 0 Å². The van der Waals surface area contributed by atoms with Crippen molar-refractivity contribution in [2.45, 2.75) is 136 Å². The molecular weight excluding hydrogens is 360 g/mol. The Morgan fingerprint density at radius 1 is 0.621 bits per heavy atom. The van der Waals surface area contributed by atoms with E-state index in [-0.39, 0.29) is 6.54 Å². The summed E-state index contributed by atoms with van der Waals surface area (Å²) >= 11 is 0. The molecule has 0 aliphatic rings. The highest BCUT2D eigenvalue weighted by molar-refractivity contribution is 5.68. The summed E-state index contributed by atoms with van der Waals surface area (Å²) in [6.45, 7) is 6.30. The Hall–Kier alpha value is -0.610. The van der Waals surface area contributed by atoms with Crippen molar-refractivity contribution >= 4 is 5.97 Å². The van der Waals surface area contributed by atoms with Crippen LogP contribution in [-0.2, 0) is 4.79 Å². The van der Waals surface area contributed by atoms with E-state index in [0.29, 0.717) is 0 Å². The zero-order chi connectivity index (χ0) is 21.4. The van der Waals surface area contributed by atoms with Gasteiger partial charge in [-0.05, 0) is 12.8 Å². The van der Waals surface area contributed by atoms with Crippen LogP contribution in [-0.4, -0.2) is 35.7 Å². The van der Waals surface area contributed by atoms with Gasteiger partial charge in [0.2, 0.25) is 0 Å². The predicted octanol–water partition coefficient (Wildman–Crippen LogP) is 7.33. The number of nitrogens with zero attached hydrogens (tertiary/aromatic N) is 1. The van der Waals surface area contributed by atoms with Gasteiger partial charge in [0.05, 0.1) is 0 Å². The number of hydrazine groups is 1. The number of hydrogen-bond donors (Lipinski definition) is 2. The highest BCUT2D eigenvalue weighted by Gasteiger charge is 2.08. The number of carboxylic acids is 1. The first-order chi connectivity index (χ1) is 14.2. The lowest BCUT2D eigenvalue weighted by Crippen LogP contribution is -2.42. The van der Waals surface area contributed by atoms with Crippen LogP contribution in [0.1, 0.15) is 136 Å². The zero-order valence-corrected chi connectivity index (χ0v) is 19.9. The molecule has 174 valence electrons. The van der Waals surface area contributed by atoms with Gasteiger partial charge in [0, 0.05) is 13.1 Å². The van der Waals surface area contributed by atoms with Gasteiger partial charge < -0.3 is 5.11 Å². The van der Waals surface area contributed by atoms with Crippen molar-refractivity contribution in [3.63, 3.8) is 0 Å². The van der Waals surface area contributed by atoms with Crippen molar-refractivity contribution in [1.29, 1.82) is 0 Å². The SMILES string of the molecule is CCCCCCCCCCCCCCCCCCN(CC(=O)O)NCCCCC. The average molecular weight is 413 g/mol. The number of hydrogen-bond acceptors (Lipinski definition) is 3. The second-order valence-corrected chi connectivity index (χ2v) is 8.73. The summed E-state index contributed by atoms with van der Waals surface area (Å²) in [5.41, 5.74) is 3.29. The molecule has 4 nitrogen and oxygen atoms in total. The van der Waals surface area contributed by atoms with Crippen LogP contribution in [0.25, 0.3) is 0 Å². The number of aliphatic carboxylic acids is 1. The highest BCUT2D eigenvalue weighted by Crippen LogP contribution is 2.13. The largest absolute Gasteiger partial charge is 0.480 e. The van der Waals surface area contributed by atoms with Gasteiger partial charge in [-0.15, -0.1) is 0 Å². The maximum absolute atomic E-state index is 11.0. The molecule has 0 rings (SSSR count). The van der Waals surface area contributed by atoms with Crippen molar-refractivity contribution in [1.82, 2.24) is 10.4 Å². The Bertz CT molecular complexity index is 337. The molecule has 0 saturated heterocycles. The molecule has 0 atom stereocenters. The van der Waals surface area contributed by atoms with Crippen molar-refractivity contribution < 1.29 is 9.90 Å². The fourth-order valence-corrected chi connectivity index (χ4v) is 3.84. The van der Waals surface area contributed by atoms with Crippen molar-refractivity contribution in [3.8, 4) is 0 Å². The molecule has 0 aromatic carbocycles. The van der Waals surface area contributed by atoms with Crippen LogP contribution in [0.3, 0.4) is 0 Å². The standard InChI is InChI=1S/C25H52N2O2/c1-3-5-7-8-9-10-11-12-13-14-15-16-17-18-19-21-23-27(24-25(28)29)26-22-20-6-4-2/h26H,3-24H2,1-2H3,(H,28,29). The predicted molar refractivity (Wildman–Crippen MR) is 126 cm³/mol. The van der Waals surface area contributed by atoms with Crippen LogP contribution < -0.4 is 5.43 Å². The lowest BCUT2D eigenvalue weighted by molar-refractivity contribution is -0.139.